The number of carbonyl (C=O) groups is 1. The molecule has 0 aliphatic carbocycles. The van der Waals surface area contributed by atoms with Crippen LogP contribution in [0.5, 0.6) is 0 Å². The summed E-state index contributed by atoms with van der Waals surface area (Å²) < 4.78 is 6.44. The number of benzene rings is 2. The van der Waals surface area contributed by atoms with Crippen LogP contribution in [0.15, 0.2) is 47.3 Å². The van der Waals surface area contributed by atoms with Crippen LogP contribution in [0, 0.1) is 20.8 Å². The maximum Gasteiger partial charge on any atom is 0.307 e. The summed E-state index contributed by atoms with van der Waals surface area (Å²) in [6.07, 6.45) is 0.163. The average Bonchev–Trinajstić information content (AvgIpc) is 2.61. The van der Waals surface area contributed by atoms with E-state index in [0.717, 1.165) is 33.2 Å². The Kier molecular flexibility index (Phi) is 4.94. The van der Waals surface area contributed by atoms with Crippen LogP contribution >= 0.6 is 0 Å². The molecule has 0 radical (unpaired) electrons. The third-order valence-corrected chi connectivity index (χ3v) is 4.69. The van der Waals surface area contributed by atoms with Gasteiger partial charge >= 0.3 is 5.97 Å². The standard InChI is InChI=1S/C22H23NO3/c1-14-5-7-17(8-6-14)19-13-18-16(3)11-15(2)12-20(18)23(22(19)25)10-9-21(24)26-4/h5-8,11-13H,9-10H2,1-4H3. The smallest absolute Gasteiger partial charge is 0.307 e. The van der Waals surface area contributed by atoms with Crippen LogP contribution < -0.4 is 5.56 Å². The normalized spacial score (nSPS) is 10.9. The zero-order chi connectivity index (χ0) is 18.8. The van der Waals surface area contributed by atoms with Gasteiger partial charge in [-0.15, -0.1) is 0 Å². The predicted octanol–water partition coefficient (Wildman–Crippen LogP) is 4.16. The number of hydrogen-bond acceptors (Lipinski definition) is 3. The minimum Gasteiger partial charge on any atom is -0.469 e. The second kappa shape index (κ2) is 7.16. The van der Waals surface area contributed by atoms with Crippen LogP contribution in [0.1, 0.15) is 23.1 Å². The van der Waals surface area contributed by atoms with Gasteiger partial charge in [0.1, 0.15) is 0 Å². The van der Waals surface area contributed by atoms with E-state index in [1.165, 1.54) is 7.11 Å². The number of esters is 1. The van der Waals surface area contributed by atoms with Gasteiger partial charge in [0, 0.05) is 17.5 Å². The molecular weight excluding hydrogens is 326 g/mol. The summed E-state index contributed by atoms with van der Waals surface area (Å²) in [6, 6.07) is 14.0. The molecule has 0 aliphatic heterocycles. The van der Waals surface area contributed by atoms with Gasteiger partial charge in [0.05, 0.1) is 19.0 Å². The molecule has 1 heterocycles. The first-order valence-electron chi connectivity index (χ1n) is 8.69. The third-order valence-electron chi connectivity index (χ3n) is 4.69. The summed E-state index contributed by atoms with van der Waals surface area (Å²) in [4.78, 5) is 24.8. The molecular formula is C22H23NO3. The van der Waals surface area contributed by atoms with Crippen molar-refractivity contribution in [2.24, 2.45) is 0 Å². The quantitative estimate of drug-likeness (QED) is 0.665. The third kappa shape index (κ3) is 3.40. The van der Waals surface area contributed by atoms with E-state index >= 15 is 0 Å². The second-order valence-corrected chi connectivity index (χ2v) is 6.72. The summed E-state index contributed by atoms with van der Waals surface area (Å²) >= 11 is 0. The average molecular weight is 349 g/mol. The van der Waals surface area contributed by atoms with Crippen molar-refractivity contribution in [3.05, 3.63) is 69.5 Å². The summed E-state index contributed by atoms with van der Waals surface area (Å²) in [5.41, 5.74) is 5.64. The molecule has 4 nitrogen and oxygen atoms in total. The molecule has 0 unspecified atom stereocenters. The molecule has 0 spiro atoms. The highest BCUT2D eigenvalue weighted by atomic mass is 16.5. The van der Waals surface area contributed by atoms with Gasteiger partial charge in [-0.2, -0.15) is 0 Å². The number of aryl methyl sites for hydroxylation is 4. The molecule has 3 rings (SSSR count). The summed E-state index contributed by atoms with van der Waals surface area (Å²) in [7, 11) is 1.36. The van der Waals surface area contributed by atoms with Crippen molar-refractivity contribution in [1.82, 2.24) is 4.57 Å². The summed E-state index contributed by atoms with van der Waals surface area (Å²) in [6.45, 7) is 6.37. The minimum atomic E-state index is -0.324. The fraction of sp³-hybridized carbons (Fsp3) is 0.273. The van der Waals surface area contributed by atoms with E-state index in [1.807, 2.05) is 57.2 Å². The molecule has 0 saturated carbocycles. The number of aromatic nitrogens is 1. The molecule has 0 saturated heterocycles. The van der Waals surface area contributed by atoms with Crippen molar-refractivity contribution >= 4 is 16.9 Å². The van der Waals surface area contributed by atoms with Gasteiger partial charge in [-0.25, -0.2) is 0 Å². The lowest BCUT2D eigenvalue weighted by atomic mass is 10.00. The predicted molar refractivity (Wildman–Crippen MR) is 104 cm³/mol. The summed E-state index contributed by atoms with van der Waals surface area (Å²) in [5, 5.41) is 1.02. The molecule has 0 fully saturated rings. The van der Waals surface area contributed by atoms with Gasteiger partial charge in [0.25, 0.3) is 5.56 Å². The number of ether oxygens (including phenoxy) is 1. The monoisotopic (exact) mass is 349 g/mol. The first-order chi connectivity index (χ1) is 12.4. The fourth-order valence-corrected chi connectivity index (χ4v) is 3.30. The molecule has 0 N–H and O–H groups in total. The zero-order valence-electron chi connectivity index (χ0n) is 15.6. The van der Waals surface area contributed by atoms with Gasteiger partial charge in [0.2, 0.25) is 0 Å². The SMILES string of the molecule is COC(=O)CCn1c(=O)c(-c2ccc(C)cc2)cc2c(C)cc(C)cc21. The Labute approximate surface area is 153 Å². The van der Waals surface area contributed by atoms with E-state index in [0.29, 0.717) is 12.1 Å². The molecule has 3 aromatic rings. The van der Waals surface area contributed by atoms with Gasteiger partial charge in [-0.05, 0) is 49.6 Å². The van der Waals surface area contributed by atoms with Crippen molar-refractivity contribution < 1.29 is 9.53 Å². The minimum absolute atomic E-state index is 0.0877. The van der Waals surface area contributed by atoms with Gasteiger partial charge < -0.3 is 9.30 Å². The van der Waals surface area contributed by atoms with Gasteiger partial charge in [0.15, 0.2) is 0 Å². The van der Waals surface area contributed by atoms with Crippen molar-refractivity contribution in [3.63, 3.8) is 0 Å². The molecule has 0 amide bonds. The number of pyridine rings is 1. The molecule has 0 aliphatic rings. The highest BCUT2D eigenvalue weighted by molar-refractivity contribution is 5.87. The maximum atomic E-state index is 13.2. The highest BCUT2D eigenvalue weighted by Crippen LogP contribution is 2.25. The van der Waals surface area contributed by atoms with Crippen molar-refractivity contribution in [2.45, 2.75) is 33.7 Å². The van der Waals surface area contributed by atoms with Gasteiger partial charge in [-0.3, -0.25) is 9.59 Å². The Morgan fingerprint density at radius 3 is 2.35 bits per heavy atom. The molecule has 0 atom stereocenters. The Hall–Kier alpha value is -2.88. The maximum absolute atomic E-state index is 13.2. The largest absolute Gasteiger partial charge is 0.469 e. The number of hydrogen-bond donors (Lipinski definition) is 0. The number of carbonyl (C=O) groups excluding carboxylic acids is 1. The molecule has 134 valence electrons. The molecule has 1 aromatic heterocycles. The van der Waals surface area contributed by atoms with Crippen LogP contribution in [0.25, 0.3) is 22.0 Å². The molecule has 2 aromatic carbocycles. The van der Waals surface area contributed by atoms with Crippen molar-refractivity contribution in [2.75, 3.05) is 7.11 Å². The molecule has 0 bridgehead atoms. The van der Waals surface area contributed by atoms with E-state index in [1.54, 1.807) is 4.57 Å². The van der Waals surface area contributed by atoms with E-state index in [9.17, 15) is 9.59 Å². The highest BCUT2D eigenvalue weighted by Gasteiger charge is 2.14. The van der Waals surface area contributed by atoms with E-state index < -0.39 is 0 Å². The lowest BCUT2D eigenvalue weighted by Gasteiger charge is -2.15. The number of methoxy groups -OCH3 is 1. The second-order valence-electron chi connectivity index (χ2n) is 6.72. The topological polar surface area (TPSA) is 48.3 Å². The van der Waals surface area contributed by atoms with Crippen LogP contribution in [0.3, 0.4) is 0 Å². The molecule has 26 heavy (non-hydrogen) atoms. The van der Waals surface area contributed by atoms with Crippen LogP contribution in [0.2, 0.25) is 0 Å². The van der Waals surface area contributed by atoms with Crippen LogP contribution in [-0.2, 0) is 16.1 Å². The zero-order valence-corrected chi connectivity index (χ0v) is 15.6. The van der Waals surface area contributed by atoms with Crippen LogP contribution in [-0.4, -0.2) is 17.6 Å². The van der Waals surface area contributed by atoms with E-state index in [2.05, 4.69) is 6.07 Å². The number of nitrogens with zero attached hydrogens (tertiary/aromatic N) is 1. The van der Waals surface area contributed by atoms with Gasteiger partial charge in [-0.1, -0.05) is 35.9 Å². The first kappa shape index (κ1) is 17.9. The Bertz CT molecular complexity index is 1030. The van der Waals surface area contributed by atoms with Crippen molar-refractivity contribution in [1.29, 1.82) is 0 Å². The first-order valence-corrected chi connectivity index (χ1v) is 8.69. The van der Waals surface area contributed by atoms with Crippen molar-refractivity contribution in [3.8, 4) is 11.1 Å². The summed E-state index contributed by atoms with van der Waals surface area (Å²) in [5.74, 6) is -0.324. The van der Waals surface area contributed by atoms with E-state index in [4.69, 9.17) is 4.74 Å². The molecule has 4 heteroatoms. The Morgan fingerprint density at radius 2 is 1.69 bits per heavy atom. The van der Waals surface area contributed by atoms with Crippen LogP contribution in [0.4, 0.5) is 0 Å². The Morgan fingerprint density at radius 1 is 1.00 bits per heavy atom. The van der Waals surface area contributed by atoms with E-state index in [-0.39, 0.29) is 17.9 Å². The fourth-order valence-electron chi connectivity index (χ4n) is 3.30. The Balaban J connectivity index is 2.26. The lowest BCUT2D eigenvalue weighted by molar-refractivity contribution is -0.140. The number of rotatable bonds is 4. The lowest BCUT2D eigenvalue weighted by Crippen LogP contribution is -2.24. The number of fused-ring (bicyclic) bond motifs is 1.